The minimum absolute atomic E-state index is 0.0460. The van der Waals surface area contributed by atoms with Crippen LogP contribution in [0.5, 0.6) is 11.8 Å². The molecular formula is C64H77FN12O6S. The number of anilines is 2. The third kappa shape index (κ3) is 10.6. The Kier molecular flexibility index (Phi) is 15.6. The molecule has 84 heavy (non-hydrogen) atoms. The number of aryl methyl sites for hydroxylation is 2. The molecule has 0 aliphatic carbocycles. The van der Waals surface area contributed by atoms with Crippen LogP contribution < -0.4 is 25.2 Å². The number of aliphatic hydroxyl groups excluding tert-OH is 1. The third-order valence-corrected chi connectivity index (χ3v) is 20.2. The zero-order valence-electron chi connectivity index (χ0n) is 48.8. The number of halogens is 1. The van der Waals surface area contributed by atoms with Crippen molar-refractivity contribution in [3.05, 3.63) is 101 Å². The normalized spacial score (nSPS) is 24.6. The number of nitrogens with one attached hydrogen (secondary N) is 2. The van der Waals surface area contributed by atoms with Crippen LogP contribution in [0.4, 0.5) is 16.0 Å². The molecule has 4 N–H and O–H groups in total. The second kappa shape index (κ2) is 23.2. The molecular weight excluding hydrogens is 1080 g/mol. The number of aromatic nitrogens is 5. The van der Waals surface area contributed by atoms with Crippen molar-refractivity contribution in [1.82, 2.24) is 50.4 Å². The van der Waals surface area contributed by atoms with E-state index < -0.39 is 23.9 Å². The molecule has 0 spiro atoms. The van der Waals surface area contributed by atoms with Gasteiger partial charge in [0.25, 0.3) is 0 Å². The highest BCUT2D eigenvalue weighted by Gasteiger charge is 2.51. The molecule has 4 aromatic heterocycles. The molecule has 442 valence electrons. The summed E-state index contributed by atoms with van der Waals surface area (Å²) in [5, 5.41) is 35.4. The average Bonchev–Trinajstić information content (AvgIpc) is 1.70. The molecule has 2 unspecified atom stereocenters. The van der Waals surface area contributed by atoms with E-state index in [1.165, 1.54) is 4.90 Å². The van der Waals surface area contributed by atoms with Crippen molar-refractivity contribution in [3.63, 3.8) is 0 Å². The van der Waals surface area contributed by atoms with Gasteiger partial charge in [-0.1, -0.05) is 68.4 Å². The second-order valence-electron chi connectivity index (χ2n) is 24.8. The summed E-state index contributed by atoms with van der Waals surface area (Å²) in [6, 6.07) is 19.1. The van der Waals surface area contributed by atoms with Crippen LogP contribution in [-0.4, -0.2) is 163 Å². The maximum absolute atomic E-state index is 17.5. The number of ether oxygens (including phenoxy) is 1. The number of nitrogens with zero attached hydrogens (tertiary/aromatic N) is 10. The van der Waals surface area contributed by atoms with Crippen LogP contribution in [0.3, 0.4) is 0 Å². The number of likely N-dealkylation sites (tertiary alicyclic amines) is 1. The van der Waals surface area contributed by atoms with Gasteiger partial charge in [-0.3, -0.25) is 24.4 Å². The van der Waals surface area contributed by atoms with Crippen molar-refractivity contribution in [2.45, 2.75) is 140 Å². The summed E-state index contributed by atoms with van der Waals surface area (Å²) >= 11 is 1.59. The Morgan fingerprint density at radius 3 is 2.60 bits per heavy atom. The maximum Gasteiger partial charge on any atom is 0.319 e. The van der Waals surface area contributed by atoms with E-state index in [0.717, 1.165) is 142 Å². The lowest BCUT2D eigenvalue weighted by Crippen LogP contribution is -2.54. The van der Waals surface area contributed by atoms with Gasteiger partial charge >= 0.3 is 6.01 Å². The lowest BCUT2D eigenvalue weighted by Gasteiger charge is -2.39. The molecule has 7 aliphatic heterocycles. The molecule has 2 amide bonds. The number of piperazine rings is 2. The van der Waals surface area contributed by atoms with Gasteiger partial charge in [0, 0.05) is 94.7 Å². The molecule has 20 heteroatoms. The average molecular weight is 1160 g/mol. The number of hydrogen-bond acceptors (Lipinski definition) is 17. The van der Waals surface area contributed by atoms with Gasteiger partial charge in [0.1, 0.15) is 41.3 Å². The minimum atomic E-state index is -0.828. The summed E-state index contributed by atoms with van der Waals surface area (Å²) in [5.41, 5.74) is 6.51. The highest BCUT2D eigenvalue weighted by molar-refractivity contribution is 7.13. The Morgan fingerprint density at radius 2 is 1.81 bits per heavy atom. The molecule has 18 nitrogen and oxygen atoms in total. The predicted octanol–water partition coefficient (Wildman–Crippen LogP) is 8.78. The molecule has 8 atom stereocenters. The first-order valence-electron chi connectivity index (χ1n) is 30.5. The topological polar surface area (TPSA) is 202 Å². The quantitative estimate of drug-likeness (QED) is 0.0715. The van der Waals surface area contributed by atoms with Crippen LogP contribution in [-0.2, 0) is 16.0 Å². The van der Waals surface area contributed by atoms with Crippen molar-refractivity contribution in [1.29, 1.82) is 0 Å². The van der Waals surface area contributed by atoms with E-state index in [9.17, 15) is 19.8 Å². The molecule has 7 fully saturated rings. The zero-order chi connectivity index (χ0) is 58.0. The number of β-amino-alcohol motifs (C(OH)–C–C–N with tert-alkyl or cyclic N) is 1. The Balaban J connectivity index is 0.664. The summed E-state index contributed by atoms with van der Waals surface area (Å²) in [5.74, 6) is -0.137. The first-order valence-corrected chi connectivity index (χ1v) is 31.3. The molecule has 2 bridgehead atoms. The van der Waals surface area contributed by atoms with E-state index in [0.29, 0.717) is 47.0 Å². The third-order valence-electron chi connectivity index (χ3n) is 19.3. The maximum atomic E-state index is 17.5. The number of pyridine rings is 1. The van der Waals surface area contributed by atoms with Crippen molar-refractivity contribution < 1.29 is 33.5 Å². The number of carbonyl (C=O) groups excluding carboxylic acids is 2. The lowest BCUT2D eigenvalue weighted by atomic mass is 9.91. The zero-order valence-corrected chi connectivity index (χ0v) is 49.6. The van der Waals surface area contributed by atoms with Crippen LogP contribution in [0.1, 0.15) is 114 Å². The fourth-order valence-electron chi connectivity index (χ4n) is 14.8. The van der Waals surface area contributed by atoms with Gasteiger partial charge in [0.2, 0.25) is 11.8 Å². The predicted molar refractivity (Wildman–Crippen MR) is 323 cm³/mol. The van der Waals surface area contributed by atoms with Gasteiger partial charge in [-0.15, -0.1) is 11.3 Å². The van der Waals surface area contributed by atoms with Crippen LogP contribution in [0.2, 0.25) is 0 Å². The van der Waals surface area contributed by atoms with E-state index in [2.05, 4.69) is 47.3 Å². The van der Waals surface area contributed by atoms with Crippen molar-refractivity contribution in [2.24, 2.45) is 5.92 Å². The van der Waals surface area contributed by atoms with E-state index in [4.69, 9.17) is 24.2 Å². The number of rotatable bonds is 16. The van der Waals surface area contributed by atoms with Crippen molar-refractivity contribution in [2.75, 3.05) is 75.3 Å². The number of phenolic OH excluding ortho intramolecular Hbond substituents is 1. The summed E-state index contributed by atoms with van der Waals surface area (Å²) in [4.78, 5) is 60.1. The standard InChI is InChI=1S/C64H77FN12O6S/c1-6-40-10-7-11-43-26-47(78)27-49(55(40)43)57-56(65)58-50(31-67-57)60(75-32-44-12-8-13-45(75)30-66-44)71-63(70-58)82-35-64-19-9-21-77(64)46(18-20-64)33-73-22-24-74(25-23-73)53-29-52(83-72-53)54(37(2)3)62(81)76-34-48(79)28-51(76)61(80)69-38(4)41-14-16-42(17-15-41)59-39(5)68-36-84-59/h7,10-11,14-17,26-27,29,31,36-38,44-46,48,51,54,66,78-79H,6,8-9,12-13,18-25,28,30,32-35H2,1-5H3,(H,69,80)/t38-,44?,45?,46-,48+,51-,54-,64-/m0/s1. The highest BCUT2D eigenvalue weighted by Crippen LogP contribution is 2.45. The number of benzene rings is 3. The molecule has 7 aliphatic rings. The smallest absolute Gasteiger partial charge is 0.319 e. The first kappa shape index (κ1) is 56.3. The lowest BCUT2D eigenvalue weighted by molar-refractivity contribution is -0.141. The van der Waals surface area contributed by atoms with Crippen LogP contribution in [0.15, 0.2) is 76.9 Å². The fraction of sp³-hybridized carbons (Fsp3) is 0.516. The molecule has 0 radical (unpaired) electrons. The number of fused-ring (bicyclic) bond motifs is 7. The Labute approximate surface area is 493 Å². The van der Waals surface area contributed by atoms with Gasteiger partial charge in [-0.2, -0.15) is 9.97 Å². The van der Waals surface area contributed by atoms with E-state index in [1.54, 1.807) is 29.7 Å². The summed E-state index contributed by atoms with van der Waals surface area (Å²) in [6.45, 7) is 17.0. The number of phenols is 1. The van der Waals surface area contributed by atoms with E-state index in [-0.39, 0.29) is 71.3 Å². The number of aliphatic hydroxyl groups is 1. The van der Waals surface area contributed by atoms with Gasteiger partial charge in [0.05, 0.1) is 39.2 Å². The number of carbonyl (C=O) groups is 2. The number of aromatic hydroxyl groups is 1. The van der Waals surface area contributed by atoms with Crippen LogP contribution in [0, 0.1) is 18.7 Å². The Morgan fingerprint density at radius 1 is 0.976 bits per heavy atom. The summed E-state index contributed by atoms with van der Waals surface area (Å²) < 4.78 is 30.3. The Bertz CT molecular complexity index is 3570. The molecule has 14 rings (SSSR count). The SMILES string of the molecule is CCc1cccc2cc(O)cc(-c3ncc4c(N5CC6CCCC5CN6)nc(OC[C@@]56CCCN5[C@H](CN5CCN(c7cc([C@@H](C(=O)N8C[C@H](O)C[C@H]8C(=O)N[C@@H](C)c8ccc(-c9scnc9C)cc8)C(C)C)on7)CC5)CC6)nc4c3F)c12. The second-order valence-corrected chi connectivity index (χ2v) is 25.7. The van der Waals surface area contributed by atoms with Crippen LogP contribution in [0.25, 0.3) is 43.4 Å². The van der Waals surface area contributed by atoms with Crippen LogP contribution >= 0.6 is 11.3 Å². The van der Waals surface area contributed by atoms with Gasteiger partial charge in [-0.05, 0) is 117 Å². The summed E-state index contributed by atoms with van der Waals surface area (Å²) in [7, 11) is 0. The molecule has 3 aromatic carbocycles. The summed E-state index contributed by atoms with van der Waals surface area (Å²) in [6.07, 6.45) is 9.04. The molecule has 11 heterocycles. The number of amides is 2. The largest absolute Gasteiger partial charge is 0.508 e. The first-order chi connectivity index (χ1) is 40.7. The Hall–Kier alpha value is -6.84. The number of hydrogen-bond donors (Lipinski definition) is 4. The molecule has 0 saturated carbocycles. The van der Waals surface area contributed by atoms with Gasteiger partial charge < -0.3 is 44.8 Å². The highest BCUT2D eigenvalue weighted by atomic mass is 32.1. The monoisotopic (exact) mass is 1160 g/mol. The fourth-order valence-corrected chi connectivity index (χ4v) is 15.6. The molecule has 7 saturated heterocycles. The minimum Gasteiger partial charge on any atom is -0.508 e. The van der Waals surface area contributed by atoms with E-state index >= 15 is 4.39 Å². The number of thiazole rings is 1. The van der Waals surface area contributed by atoms with Gasteiger partial charge in [-0.25, -0.2) is 9.37 Å². The van der Waals surface area contributed by atoms with E-state index in [1.807, 2.05) is 81.7 Å². The van der Waals surface area contributed by atoms with Gasteiger partial charge in [0.15, 0.2) is 17.4 Å². The molecule has 7 aromatic rings. The van der Waals surface area contributed by atoms with Crippen molar-refractivity contribution in [3.8, 4) is 33.5 Å². The van der Waals surface area contributed by atoms with Crippen molar-refractivity contribution >= 4 is 56.5 Å².